The molecule has 9 heteroatoms. The average molecular weight is 1140 g/mol. The van der Waals surface area contributed by atoms with Crippen molar-refractivity contribution in [3.8, 4) is 0 Å². The van der Waals surface area contributed by atoms with Crippen molar-refractivity contribution < 1.29 is 42.9 Å². The lowest BCUT2D eigenvalue weighted by Gasteiger charge is -2.25. The maximum Gasteiger partial charge on any atom is 0.361 e. The summed E-state index contributed by atoms with van der Waals surface area (Å²) in [4.78, 5) is 37.6. The number of nitrogens with zero attached hydrogens (tertiary/aromatic N) is 1. The summed E-state index contributed by atoms with van der Waals surface area (Å²) in [5.41, 5.74) is 0. The van der Waals surface area contributed by atoms with Crippen LogP contribution < -0.4 is 0 Å². The number of carboxylic acid groups (broad SMARTS) is 1. The smallest absolute Gasteiger partial charge is 0.361 e. The fourth-order valence-corrected chi connectivity index (χ4v) is 10.5. The van der Waals surface area contributed by atoms with Crippen molar-refractivity contribution >= 4 is 17.9 Å². The van der Waals surface area contributed by atoms with Crippen LogP contribution in [-0.4, -0.2) is 87.4 Å². The van der Waals surface area contributed by atoms with Crippen LogP contribution in [0.1, 0.15) is 348 Å². The largest absolute Gasteiger partial charge is 0.477 e. The molecule has 0 radical (unpaired) electrons. The van der Waals surface area contributed by atoms with E-state index < -0.39 is 18.4 Å². The Bertz CT molecular complexity index is 1420. The Morgan fingerprint density at radius 1 is 0.370 bits per heavy atom. The minimum absolute atomic E-state index is 0.175. The zero-order valence-electron chi connectivity index (χ0n) is 54.5. The summed E-state index contributed by atoms with van der Waals surface area (Å²) in [5.74, 6) is -1.97. The van der Waals surface area contributed by atoms with Crippen molar-refractivity contribution in [3.05, 3.63) is 36.5 Å². The Morgan fingerprint density at radius 3 is 0.988 bits per heavy atom. The van der Waals surface area contributed by atoms with Gasteiger partial charge < -0.3 is 28.5 Å². The van der Waals surface area contributed by atoms with Gasteiger partial charge in [-0.2, -0.15) is 0 Å². The molecule has 0 heterocycles. The number of rotatable bonds is 66. The van der Waals surface area contributed by atoms with Gasteiger partial charge in [0, 0.05) is 12.8 Å². The predicted octanol–water partition coefficient (Wildman–Crippen LogP) is 21.6. The molecule has 0 aromatic rings. The minimum atomic E-state index is -1.51. The molecule has 0 aliphatic rings. The van der Waals surface area contributed by atoms with Crippen molar-refractivity contribution in [2.45, 2.75) is 360 Å². The lowest BCUT2D eigenvalue weighted by Crippen LogP contribution is -2.40. The fourth-order valence-electron chi connectivity index (χ4n) is 10.5. The molecule has 81 heavy (non-hydrogen) atoms. The Morgan fingerprint density at radius 2 is 0.667 bits per heavy atom. The fraction of sp³-hybridized carbons (Fsp3) is 0.875. The first-order chi connectivity index (χ1) is 39.6. The van der Waals surface area contributed by atoms with E-state index in [2.05, 4.69) is 50.3 Å². The van der Waals surface area contributed by atoms with Crippen molar-refractivity contribution in [1.29, 1.82) is 0 Å². The number of esters is 2. The normalized spacial score (nSPS) is 12.9. The van der Waals surface area contributed by atoms with Gasteiger partial charge in [-0.3, -0.25) is 9.59 Å². The molecular weight excluding hydrogens is 1010 g/mol. The quantitative estimate of drug-likeness (QED) is 0.0211. The van der Waals surface area contributed by atoms with Crippen LogP contribution in [0.15, 0.2) is 36.5 Å². The van der Waals surface area contributed by atoms with E-state index in [1.165, 1.54) is 270 Å². The highest BCUT2D eigenvalue weighted by Crippen LogP contribution is 2.19. The van der Waals surface area contributed by atoms with Gasteiger partial charge in [-0.1, -0.05) is 320 Å². The van der Waals surface area contributed by atoms with Gasteiger partial charge in [0.15, 0.2) is 6.10 Å². The second kappa shape index (κ2) is 63.5. The van der Waals surface area contributed by atoms with E-state index in [1.54, 1.807) is 0 Å². The predicted molar refractivity (Wildman–Crippen MR) is 346 cm³/mol. The molecule has 2 unspecified atom stereocenters. The van der Waals surface area contributed by atoms with E-state index in [0.717, 1.165) is 51.4 Å². The van der Waals surface area contributed by atoms with Gasteiger partial charge in [0.1, 0.15) is 13.2 Å². The number of unbranched alkanes of at least 4 members (excludes halogenated alkanes) is 45. The zero-order valence-corrected chi connectivity index (χ0v) is 54.5. The van der Waals surface area contributed by atoms with E-state index in [-0.39, 0.29) is 38.2 Å². The number of likely N-dealkylation sites (N-methyl/N-ethyl adjacent to an activating group) is 1. The Kier molecular flexibility index (Phi) is 61.6. The third kappa shape index (κ3) is 64.9. The van der Waals surface area contributed by atoms with Crippen LogP contribution in [0.2, 0.25) is 0 Å². The summed E-state index contributed by atoms with van der Waals surface area (Å²) >= 11 is 0. The van der Waals surface area contributed by atoms with Crippen LogP contribution in [0, 0.1) is 0 Å². The molecule has 0 fully saturated rings. The molecule has 2 atom stereocenters. The van der Waals surface area contributed by atoms with Gasteiger partial charge in [-0.15, -0.1) is 0 Å². The standard InChI is InChI=1S/C72H135NO8/c1-6-8-10-12-14-16-18-20-22-24-26-27-28-29-30-31-32-33-34-35-36-37-38-39-40-41-42-43-45-47-49-51-53-55-57-59-61-63-70(75)81-68(67-80-72(71(76)77)78-65-64-73(3,4)5)66-79-69(74)62-60-58-56-54-52-50-48-46-44-25-23-21-19-17-15-13-11-9-7-2/h18,20,24,26,28-29,68,72H,6-17,19,21-23,25,27,30-67H2,1-5H3/p+1/b20-18-,26-24-,29-28-. The van der Waals surface area contributed by atoms with Gasteiger partial charge in [0.25, 0.3) is 6.29 Å². The molecule has 9 nitrogen and oxygen atoms in total. The lowest BCUT2D eigenvalue weighted by molar-refractivity contribution is -0.870. The minimum Gasteiger partial charge on any atom is -0.477 e. The summed E-state index contributed by atoms with van der Waals surface area (Å²) < 4.78 is 23.0. The van der Waals surface area contributed by atoms with Crippen LogP contribution in [0.25, 0.3) is 0 Å². The Balaban J connectivity index is 4.00. The zero-order chi connectivity index (χ0) is 59.1. The summed E-state index contributed by atoms with van der Waals surface area (Å²) in [6.07, 6.45) is 76.9. The van der Waals surface area contributed by atoms with Crippen molar-refractivity contribution in [2.75, 3.05) is 47.5 Å². The van der Waals surface area contributed by atoms with Crippen LogP contribution >= 0.6 is 0 Å². The number of allylic oxidation sites excluding steroid dienone is 6. The maximum absolute atomic E-state index is 12.9. The summed E-state index contributed by atoms with van der Waals surface area (Å²) in [6, 6.07) is 0. The van der Waals surface area contributed by atoms with Gasteiger partial charge in [-0.25, -0.2) is 4.79 Å². The Hall–Kier alpha value is -2.49. The summed E-state index contributed by atoms with van der Waals surface area (Å²) in [5, 5.41) is 9.73. The first-order valence-electron chi connectivity index (χ1n) is 35.2. The van der Waals surface area contributed by atoms with Gasteiger partial charge in [-0.05, 0) is 51.4 Å². The monoisotopic (exact) mass is 1140 g/mol. The second-order valence-corrected chi connectivity index (χ2v) is 25.2. The first-order valence-corrected chi connectivity index (χ1v) is 35.2. The molecule has 0 aliphatic heterocycles. The van der Waals surface area contributed by atoms with E-state index >= 15 is 0 Å². The average Bonchev–Trinajstić information content (AvgIpc) is 3.44. The number of carboxylic acids is 1. The van der Waals surface area contributed by atoms with Crippen molar-refractivity contribution in [1.82, 2.24) is 0 Å². The van der Waals surface area contributed by atoms with E-state index in [4.69, 9.17) is 18.9 Å². The number of quaternary nitrogens is 1. The molecule has 0 spiro atoms. The second-order valence-electron chi connectivity index (χ2n) is 25.2. The van der Waals surface area contributed by atoms with E-state index in [9.17, 15) is 19.5 Å². The number of carbonyl (C=O) groups excluding carboxylic acids is 2. The highest BCUT2D eigenvalue weighted by Gasteiger charge is 2.25. The molecule has 0 aromatic carbocycles. The molecular formula is C72H136NO8+. The number of aliphatic carboxylic acids is 1. The topological polar surface area (TPSA) is 108 Å². The van der Waals surface area contributed by atoms with E-state index in [1.807, 2.05) is 21.1 Å². The molecule has 0 rings (SSSR count). The van der Waals surface area contributed by atoms with Crippen LogP contribution in [0.4, 0.5) is 0 Å². The van der Waals surface area contributed by atoms with Gasteiger partial charge in [0.05, 0.1) is 34.4 Å². The molecule has 0 saturated carbocycles. The molecule has 0 aromatic heterocycles. The number of hydrogen-bond donors (Lipinski definition) is 1. The number of carbonyl (C=O) groups is 3. The number of hydrogen-bond acceptors (Lipinski definition) is 7. The molecule has 0 aliphatic carbocycles. The molecule has 476 valence electrons. The van der Waals surface area contributed by atoms with E-state index in [0.29, 0.717) is 17.4 Å². The third-order valence-corrected chi connectivity index (χ3v) is 15.9. The van der Waals surface area contributed by atoms with Crippen LogP contribution in [0.5, 0.6) is 0 Å². The highest BCUT2D eigenvalue weighted by atomic mass is 16.7. The first kappa shape index (κ1) is 78.5. The number of ether oxygens (including phenoxy) is 4. The Labute approximate surface area is 502 Å². The van der Waals surface area contributed by atoms with Crippen molar-refractivity contribution in [2.24, 2.45) is 0 Å². The van der Waals surface area contributed by atoms with Gasteiger partial charge >= 0.3 is 17.9 Å². The summed E-state index contributed by atoms with van der Waals surface area (Å²) in [6.45, 7) is 4.93. The van der Waals surface area contributed by atoms with Crippen LogP contribution in [0.3, 0.4) is 0 Å². The molecule has 0 saturated heterocycles. The maximum atomic E-state index is 12.9. The molecule has 0 amide bonds. The van der Waals surface area contributed by atoms with Crippen molar-refractivity contribution in [3.63, 3.8) is 0 Å². The molecule has 1 N–H and O–H groups in total. The van der Waals surface area contributed by atoms with Crippen LogP contribution in [-0.2, 0) is 33.3 Å². The lowest BCUT2D eigenvalue weighted by atomic mass is 10.0. The summed E-state index contributed by atoms with van der Waals surface area (Å²) in [7, 11) is 5.99. The third-order valence-electron chi connectivity index (χ3n) is 15.9. The molecule has 0 bridgehead atoms. The van der Waals surface area contributed by atoms with Gasteiger partial charge in [0.2, 0.25) is 0 Å². The SMILES string of the molecule is CCCCCCC/C=C\C/C=C\C/C=C\CCCCCCCCCCCCCCCCCCCCCCCCC(=O)OC(COC(=O)CCCCCCCCCCCCCCCCCCCCC)COC(OCC[N+](C)(C)C)C(=O)O. The highest BCUT2D eigenvalue weighted by molar-refractivity contribution is 5.71.